The number of benzene rings is 1. The van der Waals surface area contributed by atoms with Crippen LogP contribution in [0.5, 0.6) is 0 Å². The molecule has 1 aromatic rings. The van der Waals surface area contributed by atoms with E-state index in [-0.39, 0.29) is 5.56 Å². The zero-order chi connectivity index (χ0) is 13.1. The van der Waals surface area contributed by atoms with Crippen LogP contribution in [0.2, 0.25) is 0 Å². The van der Waals surface area contributed by atoms with Crippen LogP contribution in [0.1, 0.15) is 12.5 Å². The van der Waals surface area contributed by atoms with Gasteiger partial charge in [-0.1, -0.05) is 36.9 Å². The fraction of sp³-hybridized carbons (Fsp3) is 0.182. The highest BCUT2D eigenvalue weighted by atomic mass is 32.2. The lowest BCUT2D eigenvalue weighted by Gasteiger charge is -2.27. The molecule has 0 aliphatic rings. The van der Waals surface area contributed by atoms with Crippen LogP contribution < -0.4 is 5.32 Å². The summed E-state index contributed by atoms with van der Waals surface area (Å²) in [6.07, 6.45) is 0.937. The fourth-order valence-electron chi connectivity index (χ4n) is 1.33. The molecule has 0 aliphatic carbocycles. The molecule has 92 valence electrons. The van der Waals surface area contributed by atoms with Gasteiger partial charge in [-0.2, -0.15) is 8.42 Å². The van der Waals surface area contributed by atoms with E-state index in [1.54, 1.807) is 18.2 Å². The van der Waals surface area contributed by atoms with Crippen LogP contribution in [0.25, 0.3) is 0 Å². The normalized spacial score (nSPS) is 14.7. The molecule has 1 unspecified atom stereocenters. The largest absolute Gasteiger partial charge is 0.328 e. The van der Waals surface area contributed by atoms with Crippen molar-refractivity contribution >= 4 is 16.0 Å². The van der Waals surface area contributed by atoms with Crippen LogP contribution in [0, 0.1) is 0 Å². The summed E-state index contributed by atoms with van der Waals surface area (Å²) < 4.78 is 32.1. The van der Waals surface area contributed by atoms with Gasteiger partial charge in [0.1, 0.15) is 0 Å². The van der Waals surface area contributed by atoms with Gasteiger partial charge in [-0.05, 0) is 18.6 Å². The number of hydrogen-bond acceptors (Lipinski definition) is 3. The van der Waals surface area contributed by atoms with Crippen molar-refractivity contribution in [2.45, 2.75) is 11.8 Å². The number of nitrogens with one attached hydrogen (secondary N) is 1. The Morgan fingerprint density at radius 2 is 1.94 bits per heavy atom. The molecule has 1 aromatic carbocycles. The van der Waals surface area contributed by atoms with Crippen LogP contribution in [-0.4, -0.2) is 18.9 Å². The van der Waals surface area contributed by atoms with Crippen LogP contribution >= 0.6 is 0 Å². The van der Waals surface area contributed by atoms with Gasteiger partial charge < -0.3 is 5.32 Å². The van der Waals surface area contributed by atoms with E-state index in [0.29, 0.717) is 0 Å². The van der Waals surface area contributed by atoms with E-state index in [1.807, 2.05) is 0 Å². The number of rotatable bonds is 4. The topological polar surface area (TPSA) is 83.5 Å². The van der Waals surface area contributed by atoms with E-state index in [0.717, 1.165) is 6.08 Å². The highest BCUT2D eigenvalue weighted by Gasteiger charge is 2.40. The zero-order valence-electron chi connectivity index (χ0n) is 9.25. The molecule has 0 bridgehead atoms. The number of hydrogen-bond donors (Lipinski definition) is 2. The Morgan fingerprint density at radius 3 is 2.35 bits per heavy atom. The number of carbonyl (C=O) groups excluding carboxylic acids is 1. The third-order valence-electron chi connectivity index (χ3n) is 2.39. The summed E-state index contributed by atoms with van der Waals surface area (Å²) in [7, 11) is -4.50. The third-order valence-corrected chi connectivity index (χ3v) is 3.76. The van der Waals surface area contributed by atoms with E-state index in [2.05, 4.69) is 11.9 Å². The van der Waals surface area contributed by atoms with Gasteiger partial charge in [0.15, 0.2) is 4.87 Å². The van der Waals surface area contributed by atoms with Crippen LogP contribution in [0.3, 0.4) is 0 Å². The van der Waals surface area contributed by atoms with Crippen molar-refractivity contribution in [3.63, 3.8) is 0 Å². The van der Waals surface area contributed by atoms with Crippen molar-refractivity contribution in [2.24, 2.45) is 0 Å². The average molecular weight is 255 g/mol. The molecular weight excluding hydrogens is 242 g/mol. The smallest absolute Gasteiger partial charge is 0.293 e. The molecule has 0 heterocycles. The van der Waals surface area contributed by atoms with Gasteiger partial charge in [0.25, 0.3) is 10.1 Å². The monoisotopic (exact) mass is 255 g/mol. The van der Waals surface area contributed by atoms with Crippen molar-refractivity contribution in [3.8, 4) is 0 Å². The predicted molar refractivity (Wildman–Crippen MR) is 63.7 cm³/mol. The van der Waals surface area contributed by atoms with Gasteiger partial charge in [0.2, 0.25) is 5.91 Å². The van der Waals surface area contributed by atoms with Crippen molar-refractivity contribution in [3.05, 3.63) is 48.6 Å². The summed E-state index contributed by atoms with van der Waals surface area (Å²) in [5.41, 5.74) is 0.262. The predicted octanol–water partition coefficient (Wildman–Crippen LogP) is 1.05. The standard InChI is InChI=1S/C11H13NO4S/c1-3-10(13)12-11(2,17(14,15)16)9-7-5-4-6-8-9/h3-8H,1H2,2H3,(H,12,13)(H,14,15,16). The van der Waals surface area contributed by atoms with Crippen molar-refractivity contribution in [2.75, 3.05) is 0 Å². The minimum Gasteiger partial charge on any atom is -0.328 e. The Labute approximate surface area is 99.9 Å². The van der Waals surface area contributed by atoms with E-state index >= 15 is 0 Å². The number of amides is 1. The Hall–Kier alpha value is -1.66. The maximum atomic E-state index is 11.4. The summed E-state index contributed by atoms with van der Waals surface area (Å²) in [5, 5.41) is 2.20. The second-order valence-electron chi connectivity index (χ2n) is 3.57. The summed E-state index contributed by atoms with van der Waals surface area (Å²) in [6, 6.07) is 7.91. The van der Waals surface area contributed by atoms with E-state index < -0.39 is 20.9 Å². The maximum Gasteiger partial charge on any atom is 0.293 e. The van der Waals surface area contributed by atoms with Gasteiger partial charge >= 0.3 is 0 Å². The molecule has 2 N–H and O–H groups in total. The van der Waals surface area contributed by atoms with Gasteiger partial charge in [-0.3, -0.25) is 9.35 Å². The lowest BCUT2D eigenvalue weighted by molar-refractivity contribution is -0.117. The van der Waals surface area contributed by atoms with Crippen molar-refractivity contribution in [1.29, 1.82) is 0 Å². The lowest BCUT2D eigenvalue weighted by atomic mass is 10.1. The first-order valence-corrected chi connectivity index (χ1v) is 6.22. The molecule has 0 saturated heterocycles. The molecule has 0 spiro atoms. The quantitative estimate of drug-likeness (QED) is 0.622. The summed E-state index contributed by atoms with van der Waals surface area (Å²) in [4.78, 5) is 9.35. The molecule has 0 fully saturated rings. The highest BCUT2D eigenvalue weighted by molar-refractivity contribution is 7.86. The molecule has 6 heteroatoms. The Bertz CT molecular complexity index is 524. The molecule has 1 atom stereocenters. The first kappa shape index (κ1) is 13.4. The van der Waals surface area contributed by atoms with Crippen molar-refractivity contribution in [1.82, 2.24) is 5.32 Å². The molecule has 5 nitrogen and oxygen atoms in total. The van der Waals surface area contributed by atoms with Crippen molar-refractivity contribution < 1.29 is 17.8 Å². The molecule has 0 aromatic heterocycles. The molecule has 0 aliphatic heterocycles. The highest BCUT2D eigenvalue weighted by Crippen LogP contribution is 2.26. The second kappa shape index (κ2) is 4.68. The van der Waals surface area contributed by atoms with Gasteiger partial charge in [0.05, 0.1) is 0 Å². The van der Waals surface area contributed by atoms with Crippen LogP contribution in [0.4, 0.5) is 0 Å². The van der Waals surface area contributed by atoms with Gasteiger partial charge in [-0.25, -0.2) is 0 Å². The Kier molecular flexibility index (Phi) is 3.69. The maximum absolute atomic E-state index is 11.4. The molecule has 1 rings (SSSR count). The number of carbonyl (C=O) groups is 1. The van der Waals surface area contributed by atoms with Gasteiger partial charge in [0, 0.05) is 0 Å². The molecule has 17 heavy (non-hydrogen) atoms. The molecule has 0 saturated carbocycles. The summed E-state index contributed by atoms with van der Waals surface area (Å²) in [6.45, 7) is 4.44. The molecule has 1 amide bonds. The van der Waals surface area contributed by atoms with E-state index in [4.69, 9.17) is 0 Å². The minimum atomic E-state index is -4.50. The molecule has 0 radical (unpaired) electrons. The van der Waals surface area contributed by atoms with E-state index in [1.165, 1.54) is 19.1 Å². The Morgan fingerprint density at radius 1 is 1.41 bits per heavy atom. The van der Waals surface area contributed by atoms with Crippen LogP contribution in [0.15, 0.2) is 43.0 Å². The SMILES string of the molecule is C=CC(=O)NC(C)(c1ccccc1)S(=O)(=O)O. The first-order chi connectivity index (χ1) is 7.81. The van der Waals surface area contributed by atoms with Crippen LogP contribution in [-0.2, 0) is 19.8 Å². The lowest BCUT2D eigenvalue weighted by Crippen LogP contribution is -2.48. The third kappa shape index (κ3) is 2.72. The first-order valence-electron chi connectivity index (χ1n) is 4.78. The van der Waals surface area contributed by atoms with Gasteiger partial charge in [-0.15, -0.1) is 0 Å². The minimum absolute atomic E-state index is 0.262. The Balaban J connectivity index is 3.31. The summed E-state index contributed by atoms with van der Waals surface area (Å²) >= 11 is 0. The molecular formula is C11H13NO4S. The average Bonchev–Trinajstić information content (AvgIpc) is 2.28. The second-order valence-corrected chi connectivity index (χ2v) is 5.33. The fourth-order valence-corrected chi connectivity index (χ4v) is 1.99. The zero-order valence-corrected chi connectivity index (χ0v) is 10.1. The van der Waals surface area contributed by atoms with E-state index in [9.17, 15) is 17.8 Å². The summed E-state index contributed by atoms with van der Waals surface area (Å²) in [5.74, 6) is -0.686.